The third-order valence-electron chi connectivity index (χ3n) is 12.7. The minimum absolute atomic E-state index is 0.0165. The summed E-state index contributed by atoms with van der Waals surface area (Å²) < 4.78 is 0. The number of hydrogen-bond donors (Lipinski definition) is 0. The van der Waals surface area contributed by atoms with Crippen LogP contribution in [0.1, 0.15) is 24.0 Å². The first kappa shape index (κ1) is 39.5. The molecule has 0 saturated carbocycles. The quantitative estimate of drug-likeness (QED) is 0.145. The lowest BCUT2D eigenvalue weighted by molar-refractivity contribution is 0.712. The molecule has 9 aromatic rings. The number of fused-ring (bicyclic) bond motifs is 5. The van der Waals surface area contributed by atoms with Crippen molar-refractivity contribution in [3.05, 3.63) is 266 Å². The monoisotopic (exact) mass is 834 g/mol. The molecule has 3 heterocycles. The van der Waals surface area contributed by atoms with E-state index in [1.165, 1.54) is 33.5 Å². The van der Waals surface area contributed by atoms with E-state index in [-0.39, 0.29) is 12.0 Å². The summed E-state index contributed by atoms with van der Waals surface area (Å²) in [5, 5.41) is 0. The van der Waals surface area contributed by atoms with E-state index >= 15 is 0 Å². The molecular formula is C61H46N4. The Hall–Kier alpha value is -8.34. The molecule has 2 atom stereocenters. The minimum atomic E-state index is -0.0899. The molecule has 0 saturated heterocycles. The van der Waals surface area contributed by atoms with E-state index < -0.39 is 0 Å². The van der Waals surface area contributed by atoms with Gasteiger partial charge < -0.3 is 9.80 Å². The highest BCUT2D eigenvalue weighted by molar-refractivity contribution is 5.88. The van der Waals surface area contributed by atoms with Crippen molar-refractivity contribution in [2.45, 2.75) is 18.9 Å². The van der Waals surface area contributed by atoms with E-state index in [4.69, 9.17) is 9.97 Å². The van der Waals surface area contributed by atoms with E-state index in [2.05, 4.69) is 236 Å². The number of hydrogen-bond acceptors (Lipinski definition) is 4. The molecule has 2 unspecified atom stereocenters. The summed E-state index contributed by atoms with van der Waals surface area (Å²) in [6, 6.07) is 77.8. The molecule has 310 valence electrons. The van der Waals surface area contributed by atoms with Crippen LogP contribution in [0, 0.1) is 0 Å². The van der Waals surface area contributed by atoms with Crippen LogP contribution in [0.3, 0.4) is 0 Å². The van der Waals surface area contributed by atoms with Gasteiger partial charge in [-0.3, -0.25) is 0 Å². The highest BCUT2D eigenvalue weighted by Gasteiger charge is 2.46. The fourth-order valence-corrected chi connectivity index (χ4v) is 9.81. The summed E-state index contributed by atoms with van der Waals surface area (Å²) in [6.07, 6.45) is 6.53. The van der Waals surface area contributed by atoms with Crippen molar-refractivity contribution >= 4 is 22.7 Å². The van der Waals surface area contributed by atoms with Crippen molar-refractivity contribution < 1.29 is 0 Å². The summed E-state index contributed by atoms with van der Waals surface area (Å²) in [5.74, 6) is 0.718. The number of allylic oxidation sites excluding steroid dienone is 2. The van der Waals surface area contributed by atoms with Crippen LogP contribution in [0.4, 0.5) is 22.7 Å². The third kappa shape index (κ3) is 7.25. The Balaban J connectivity index is 1.09. The zero-order valence-electron chi connectivity index (χ0n) is 36.2. The summed E-state index contributed by atoms with van der Waals surface area (Å²) in [7, 11) is 0. The Bertz CT molecular complexity index is 3110. The van der Waals surface area contributed by atoms with Crippen molar-refractivity contribution in [3.8, 4) is 56.2 Å². The van der Waals surface area contributed by atoms with Gasteiger partial charge in [-0.05, 0) is 100 Å². The van der Waals surface area contributed by atoms with Gasteiger partial charge in [0.2, 0.25) is 0 Å². The molecule has 0 bridgehead atoms. The third-order valence-corrected chi connectivity index (χ3v) is 12.7. The molecule has 11 rings (SSSR count). The second-order valence-electron chi connectivity index (χ2n) is 16.5. The van der Waals surface area contributed by atoms with Gasteiger partial charge in [0.15, 0.2) is 5.82 Å². The molecular weight excluding hydrogens is 789 g/mol. The Morgan fingerprint density at radius 2 is 0.923 bits per heavy atom. The maximum atomic E-state index is 5.15. The van der Waals surface area contributed by atoms with E-state index in [1.54, 1.807) is 0 Å². The van der Waals surface area contributed by atoms with Crippen LogP contribution < -0.4 is 9.80 Å². The van der Waals surface area contributed by atoms with Crippen LogP contribution >= 0.6 is 0 Å². The van der Waals surface area contributed by atoms with E-state index in [0.29, 0.717) is 5.82 Å². The zero-order valence-corrected chi connectivity index (χ0v) is 36.2. The lowest BCUT2D eigenvalue weighted by Crippen LogP contribution is -2.32. The number of para-hydroxylation sites is 2. The molecule has 0 fully saturated rings. The molecule has 0 aliphatic carbocycles. The first-order valence-corrected chi connectivity index (χ1v) is 22.3. The number of aromatic nitrogens is 2. The van der Waals surface area contributed by atoms with E-state index in [9.17, 15) is 0 Å². The lowest BCUT2D eigenvalue weighted by Gasteiger charge is -2.33. The normalized spacial score (nSPS) is 15.3. The SMILES string of the molecule is C=CC1=C(/C=C\C)C2C(c3ccccc3N1c1cc(-c3ccccc3)cc(-c3ccccc3)c1)c1ccccc1N2c1ccc(-c2cc(-c3ccccc3)nc(-c3ccccc3)n2)cc1. The highest BCUT2D eigenvalue weighted by atomic mass is 15.2. The first-order valence-electron chi connectivity index (χ1n) is 22.3. The number of anilines is 4. The van der Waals surface area contributed by atoms with Crippen LogP contribution in [0.2, 0.25) is 0 Å². The number of benzene rings is 8. The fourth-order valence-electron chi connectivity index (χ4n) is 9.81. The fraction of sp³-hybridized carbons (Fsp3) is 0.0492. The lowest BCUT2D eigenvalue weighted by atomic mass is 9.83. The topological polar surface area (TPSA) is 32.3 Å². The average molecular weight is 835 g/mol. The highest BCUT2D eigenvalue weighted by Crippen LogP contribution is 2.56. The number of rotatable bonds is 9. The van der Waals surface area contributed by atoms with Gasteiger partial charge >= 0.3 is 0 Å². The van der Waals surface area contributed by atoms with Crippen LogP contribution in [-0.4, -0.2) is 16.0 Å². The molecule has 4 heteroatoms. The Morgan fingerprint density at radius 1 is 0.446 bits per heavy atom. The van der Waals surface area contributed by atoms with Crippen LogP contribution in [0.25, 0.3) is 56.2 Å². The molecule has 8 aromatic carbocycles. The molecule has 2 aliphatic heterocycles. The molecule has 65 heavy (non-hydrogen) atoms. The van der Waals surface area contributed by atoms with Gasteiger partial charge in [-0.25, -0.2) is 9.97 Å². The van der Waals surface area contributed by atoms with Crippen molar-refractivity contribution in [2.75, 3.05) is 9.80 Å². The van der Waals surface area contributed by atoms with Crippen LogP contribution in [0.5, 0.6) is 0 Å². The first-order chi connectivity index (χ1) is 32.2. The summed E-state index contributed by atoms with van der Waals surface area (Å²) in [4.78, 5) is 15.2. The minimum Gasteiger partial charge on any atom is -0.333 e. The second-order valence-corrected chi connectivity index (χ2v) is 16.5. The van der Waals surface area contributed by atoms with Crippen molar-refractivity contribution in [1.82, 2.24) is 9.97 Å². The summed E-state index contributed by atoms with van der Waals surface area (Å²) in [6.45, 7) is 6.68. The van der Waals surface area contributed by atoms with Crippen molar-refractivity contribution in [2.24, 2.45) is 0 Å². The molecule has 2 aliphatic rings. The van der Waals surface area contributed by atoms with E-state index in [0.717, 1.165) is 62.0 Å². The molecule has 0 spiro atoms. The summed E-state index contributed by atoms with van der Waals surface area (Å²) >= 11 is 0. The molecule has 0 N–H and O–H groups in total. The van der Waals surface area contributed by atoms with Gasteiger partial charge in [0.25, 0.3) is 0 Å². The standard InChI is InChI=1S/C61H46N4/c1-3-21-53-56(4-2)64(50-39-47(42-22-9-5-10-23-42)38-48(40-50)43-24-11-6-12-25-43)57-32-19-17-30-51(57)59-52-31-18-20-33-58(52)65(60(53)59)49-36-34-45(35-37-49)55-41-54(44-26-13-7-14-27-44)62-61(63-55)46-28-15-8-16-29-46/h3-41,59-60H,2H2,1H3/b21-3-. The summed E-state index contributed by atoms with van der Waals surface area (Å²) in [5.41, 5.74) is 18.8. The number of nitrogens with zero attached hydrogens (tertiary/aromatic N) is 4. The zero-order chi connectivity index (χ0) is 43.7. The van der Waals surface area contributed by atoms with E-state index in [1.807, 2.05) is 24.3 Å². The van der Waals surface area contributed by atoms with Gasteiger partial charge in [0, 0.05) is 39.7 Å². The van der Waals surface area contributed by atoms with Gasteiger partial charge in [0.1, 0.15) is 0 Å². The Labute approximate surface area is 381 Å². The average Bonchev–Trinajstić information content (AvgIpc) is 3.67. The predicted octanol–water partition coefficient (Wildman–Crippen LogP) is 15.6. The van der Waals surface area contributed by atoms with Gasteiger partial charge in [-0.2, -0.15) is 0 Å². The second kappa shape index (κ2) is 17.1. The Kier molecular flexibility index (Phi) is 10.4. The maximum Gasteiger partial charge on any atom is 0.160 e. The van der Waals surface area contributed by atoms with Gasteiger partial charge in [-0.15, -0.1) is 0 Å². The Morgan fingerprint density at radius 3 is 1.48 bits per heavy atom. The molecule has 0 amide bonds. The largest absolute Gasteiger partial charge is 0.333 e. The van der Waals surface area contributed by atoms with Crippen LogP contribution in [0.15, 0.2) is 254 Å². The van der Waals surface area contributed by atoms with Crippen molar-refractivity contribution in [1.29, 1.82) is 0 Å². The van der Waals surface area contributed by atoms with Gasteiger partial charge in [0.05, 0.1) is 28.8 Å². The van der Waals surface area contributed by atoms with Crippen molar-refractivity contribution in [3.63, 3.8) is 0 Å². The van der Waals surface area contributed by atoms with Gasteiger partial charge in [-0.1, -0.05) is 189 Å². The maximum absolute atomic E-state index is 5.15. The molecule has 0 radical (unpaired) electrons. The molecule has 4 nitrogen and oxygen atoms in total. The smallest absolute Gasteiger partial charge is 0.160 e. The molecule has 1 aromatic heterocycles. The van der Waals surface area contributed by atoms with Crippen LogP contribution in [-0.2, 0) is 0 Å². The predicted molar refractivity (Wildman–Crippen MR) is 270 cm³/mol.